The molecule has 0 aromatic carbocycles. The van der Waals surface area contributed by atoms with Crippen molar-refractivity contribution in [3.05, 3.63) is 0 Å². The molecule has 1 saturated heterocycles. The molecule has 16 heavy (non-hydrogen) atoms. The lowest BCUT2D eigenvalue weighted by molar-refractivity contribution is -0.123. The maximum atomic E-state index is 11.3. The fraction of sp³-hybridized carbons (Fsp3) is 0.923. The molecule has 0 bridgehead atoms. The van der Waals surface area contributed by atoms with Crippen LogP contribution in [0.15, 0.2) is 0 Å². The van der Waals surface area contributed by atoms with Crippen LogP contribution in [0.1, 0.15) is 32.6 Å². The summed E-state index contributed by atoms with van der Waals surface area (Å²) in [4.78, 5) is 13.7. The number of ether oxygens (including phenoxy) is 1. The molecule has 1 saturated carbocycles. The van der Waals surface area contributed by atoms with Gasteiger partial charge in [-0.25, -0.2) is 0 Å². The molecular formula is C13H23NO2. The summed E-state index contributed by atoms with van der Waals surface area (Å²) in [6.07, 6.45) is 5.67. The molecule has 0 aromatic heterocycles. The van der Waals surface area contributed by atoms with E-state index in [1.807, 2.05) is 0 Å². The Kier molecular flexibility index (Phi) is 3.65. The van der Waals surface area contributed by atoms with Gasteiger partial charge in [0.2, 0.25) is 0 Å². The molecule has 1 atom stereocenters. The van der Waals surface area contributed by atoms with E-state index in [0.29, 0.717) is 6.04 Å². The number of nitrogens with zero attached hydrogens (tertiary/aromatic N) is 1. The Morgan fingerprint density at radius 2 is 2.06 bits per heavy atom. The minimum atomic E-state index is -0.143. The maximum Gasteiger partial charge on any atom is 0.127 e. The van der Waals surface area contributed by atoms with E-state index in [1.165, 1.54) is 19.1 Å². The van der Waals surface area contributed by atoms with Gasteiger partial charge in [-0.2, -0.15) is 0 Å². The van der Waals surface area contributed by atoms with Crippen molar-refractivity contribution in [1.82, 2.24) is 4.90 Å². The normalized spacial score (nSPS) is 26.7. The lowest BCUT2D eigenvalue weighted by Gasteiger charge is -2.37. The Balaban J connectivity index is 1.91. The van der Waals surface area contributed by atoms with Crippen LogP contribution in [-0.2, 0) is 9.53 Å². The van der Waals surface area contributed by atoms with Crippen LogP contribution in [-0.4, -0.2) is 44.0 Å². The zero-order chi connectivity index (χ0) is 11.6. The molecule has 2 fully saturated rings. The van der Waals surface area contributed by atoms with Gasteiger partial charge in [0.25, 0.3) is 0 Å². The first-order valence-corrected chi connectivity index (χ1v) is 6.41. The van der Waals surface area contributed by atoms with Crippen molar-refractivity contribution in [1.29, 1.82) is 0 Å². The third-order valence-electron chi connectivity index (χ3n) is 4.30. The summed E-state index contributed by atoms with van der Waals surface area (Å²) < 4.78 is 5.35. The van der Waals surface area contributed by atoms with E-state index in [2.05, 4.69) is 18.9 Å². The molecule has 1 aliphatic carbocycles. The number of aldehydes is 1. The van der Waals surface area contributed by atoms with Crippen LogP contribution in [0.4, 0.5) is 0 Å². The van der Waals surface area contributed by atoms with Crippen molar-refractivity contribution < 1.29 is 9.53 Å². The summed E-state index contributed by atoms with van der Waals surface area (Å²) in [5.74, 6) is 0.869. The highest BCUT2D eigenvalue weighted by atomic mass is 16.5. The first-order valence-electron chi connectivity index (χ1n) is 6.41. The predicted molar refractivity (Wildman–Crippen MR) is 63.4 cm³/mol. The van der Waals surface area contributed by atoms with Crippen molar-refractivity contribution in [3.63, 3.8) is 0 Å². The molecule has 0 radical (unpaired) electrons. The molecule has 0 aromatic rings. The summed E-state index contributed by atoms with van der Waals surface area (Å²) >= 11 is 0. The van der Waals surface area contributed by atoms with E-state index >= 15 is 0 Å². The Morgan fingerprint density at radius 1 is 1.44 bits per heavy atom. The molecule has 1 unspecified atom stereocenters. The van der Waals surface area contributed by atoms with E-state index in [1.54, 1.807) is 0 Å². The smallest absolute Gasteiger partial charge is 0.127 e. The van der Waals surface area contributed by atoms with Crippen LogP contribution in [0.2, 0.25) is 0 Å². The standard InChI is InChI=1S/C13H23NO2/c1-11(12-3-4-12)14(2)9-13(10-15)5-7-16-8-6-13/h10-12H,3-9H2,1-2H3. The lowest BCUT2D eigenvalue weighted by Crippen LogP contribution is -2.44. The van der Waals surface area contributed by atoms with Crippen molar-refractivity contribution in [3.8, 4) is 0 Å². The molecule has 3 heteroatoms. The van der Waals surface area contributed by atoms with Gasteiger partial charge in [0.15, 0.2) is 0 Å². The number of rotatable bonds is 5. The summed E-state index contributed by atoms with van der Waals surface area (Å²) in [7, 11) is 2.16. The van der Waals surface area contributed by atoms with Gasteiger partial charge >= 0.3 is 0 Å². The summed E-state index contributed by atoms with van der Waals surface area (Å²) in [5, 5.41) is 0. The van der Waals surface area contributed by atoms with Gasteiger partial charge in [0, 0.05) is 31.2 Å². The highest BCUT2D eigenvalue weighted by Gasteiger charge is 2.37. The minimum absolute atomic E-state index is 0.143. The number of carbonyl (C=O) groups is 1. The number of hydrogen-bond acceptors (Lipinski definition) is 3. The van der Waals surface area contributed by atoms with Crippen molar-refractivity contribution in [2.75, 3.05) is 26.8 Å². The topological polar surface area (TPSA) is 29.5 Å². The van der Waals surface area contributed by atoms with Crippen molar-refractivity contribution >= 4 is 6.29 Å². The van der Waals surface area contributed by atoms with Gasteiger partial charge in [-0.15, -0.1) is 0 Å². The van der Waals surface area contributed by atoms with Gasteiger partial charge in [0.05, 0.1) is 0 Å². The largest absolute Gasteiger partial charge is 0.381 e. The van der Waals surface area contributed by atoms with Crippen LogP contribution in [0, 0.1) is 11.3 Å². The molecule has 0 spiro atoms. The van der Waals surface area contributed by atoms with E-state index in [9.17, 15) is 4.79 Å². The molecular weight excluding hydrogens is 202 g/mol. The average Bonchev–Trinajstić information content (AvgIpc) is 3.13. The zero-order valence-electron chi connectivity index (χ0n) is 10.4. The van der Waals surface area contributed by atoms with Crippen LogP contribution >= 0.6 is 0 Å². The first kappa shape index (κ1) is 12.1. The highest BCUT2D eigenvalue weighted by Crippen LogP contribution is 2.37. The van der Waals surface area contributed by atoms with E-state index in [0.717, 1.165) is 38.5 Å². The second kappa shape index (κ2) is 4.84. The SMILES string of the molecule is CC(C1CC1)N(C)CC1(C=O)CCOCC1. The third-order valence-corrected chi connectivity index (χ3v) is 4.30. The minimum Gasteiger partial charge on any atom is -0.381 e. The predicted octanol–water partition coefficient (Wildman–Crippen LogP) is 1.71. The third kappa shape index (κ3) is 2.64. The summed E-state index contributed by atoms with van der Waals surface area (Å²) in [6.45, 7) is 4.67. The summed E-state index contributed by atoms with van der Waals surface area (Å²) in [5.41, 5.74) is -0.143. The lowest BCUT2D eigenvalue weighted by atomic mass is 9.81. The Labute approximate surface area is 98.1 Å². The van der Waals surface area contributed by atoms with Crippen molar-refractivity contribution in [2.24, 2.45) is 11.3 Å². The van der Waals surface area contributed by atoms with Gasteiger partial charge < -0.3 is 14.4 Å². The Bertz CT molecular complexity index is 244. The molecule has 1 aliphatic heterocycles. The average molecular weight is 225 g/mol. The van der Waals surface area contributed by atoms with Gasteiger partial charge in [-0.1, -0.05) is 0 Å². The second-order valence-electron chi connectivity index (χ2n) is 5.59. The van der Waals surface area contributed by atoms with Crippen molar-refractivity contribution in [2.45, 2.75) is 38.6 Å². The Morgan fingerprint density at radius 3 is 2.56 bits per heavy atom. The molecule has 3 nitrogen and oxygen atoms in total. The number of carbonyl (C=O) groups excluding carboxylic acids is 1. The molecule has 2 rings (SSSR count). The molecule has 0 N–H and O–H groups in total. The fourth-order valence-electron chi connectivity index (χ4n) is 2.67. The van der Waals surface area contributed by atoms with E-state index < -0.39 is 0 Å². The van der Waals surface area contributed by atoms with Gasteiger partial charge in [-0.05, 0) is 45.6 Å². The second-order valence-corrected chi connectivity index (χ2v) is 5.59. The van der Waals surface area contributed by atoms with Gasteiger partial charge in [0.1, 0.15) is 6.29 Å². The Hall–Kier alpha value is -0.410. The van der Waals surface area contributed by atoms with Crippen LogP contribution in [0.3, 0.4) is 0 Å². The van der Waals surface area contributed by atoms with E-state index in [4.69, 9.17) is 4.74 Å². The van der Waals surface area contributed by atoms with E-state index in [-0.39, 0.29) is 5.41 Å². The van der Waals surface area contributed by atoms with Crippen LogP contribution in [0.25, 0.3) is 0 Å². The van der Waals surface area contributed by atoms with Crippen LogP contribution in [0.5, 0.6) is 0 Å². The monoisotopic (exact) mass is 225 g/mol. The van der Waals surface area contributed by atoms with Gasteiger partial charge in [-0.3, -0.25) is 0 Å². The molecule has 92 valence electrons. The quantitative estimate of drug-likeness (QED) is 0.667. The maximum absolute atomic E-state index is 11.3. The molecule has 0 amide bonds. The summed E-state index contributed by atoms with van der Waals surface area (Å²) in [6, 6.07) is 0.625. The number of hydrogen-bond donors (Lipinski definition) is 0. The molecule has 1 heterocycles. The fourth-order valence-corrected chi connectivity index (χ4v) is 2.67. The zero-order valence-corrected chi connectivity index (χ0v) is 10.4. The molecule has 2 aliphatic rings. The highest BCUT2D eigenvalue weighted by molar-refractivity contribution is 5.60. The van der Waals surface area contributed by atoms with Crippen LogP contribution < -0.4 is 0 Å². The first-order chi connectivity index (χ1) is 7.67.